The molecule has 4 nitrogen and oxygen atoms in total. The van der Waals surface area contributed by atoms with Crippen LogP contribution in [0.4, 0.5) is 0 Å². The zero-order valence-corrected chi connectivity index (χ0v) is 16.3. The number of nitrogens with zero attached hydrogens (tertiary/aromatic N) is 3. The van der Waals surface area contributed by atoms with Gasteiger partial charge in [-0.3, -0.25) is 4.79 Å². The lowest BCUT2D eigenvalue weighted by Crippen LogP contribution is -1.99. The minimum Gasteiger partial charge on any atom is -0.298 e. The van der Waals surface area contributed by atoms with Crippen molar-refractivity contribution in [1.82, 2.24) is 9.78 Å². The normalized spacial score (nSPS) is 10.4. The van der Waals surface area contributed by atoms with Gasteiger partial charge in [0.15, 0.2) is 6.29 Å². The second-order valence-corrected chi connectivity index (χ2v) is 6.88. The number of para-hydroxylation sites is 1. The van der Waals surface area contributed by atoms with E-state index in [2.05, 4.69) is 12.6 Å². The van der Waals surface area contributed by atoms with Gasteiger partial charge in [-0.25, -0.2) is 4.68 Å². The van der Waals surface area contributed by atoms with Gasteiger partial charge in [-0.05, 0) is 17.7 Å². The van der Waals surface area contributed by atoms with Crippen LogP contribution < -0.4 is 0 Å². The van der Waals surface area contributed by atoms with Gasteiger partial charge in [0.1, 0.15) is 0 Å². The number of aromatic nitrogens is 2. The van der Waals surface area contributed by atoms with Crippen LogP contribution in [0.15, 0.2) is 97.1 Å². The average Bonchev–Trinajstić information content (AvgIpc) is 3.18. The van der Waals surface area contributed by atoms with Crippen molar-refractivity contribution in [2.75, 3.05) is 0 Å². The molecule has 0 saturated heterocycles. The molecule has 0 N–H and O–H groups in total. The van der Waals surface area contributed by atoms with Crippen LogP contribution in [0.3, 0.4) is 0 Å². The summed E-state index contributed by atoms with van der Waals surface area (Å²) in [6.45, 7) is 3.85. The lowest BCUT2D eigenvalue weighted by Gasteiger charge is -2.12. The first-order valence-electron chi connectivity index (χ1n) is 9.58. The number of aldehydes is 1. The number of carbonyl (C=O) groups excluding carboxylic acids is 1. The van der Waals surface area contributed by atoms with E-state index in [0.717, 1.165) is 34.4 Å². The number of allylic oxidation sites excluding steroid dienone is 1. The highest BCUT2D eigenvalue weighted by molar-refractivity contribution is 5.94. The molecule has 0 bridgehead atoms. The van der Waals surface area contributed by atoms with Gasteiger partial charge in [-0.15, -0.1) is 0 Å². The van der Waals surface area contributed by atoms with Crippen LogP contribution in [0.2, 0.25) is 0 Å². The van der Waals surface area contributed by atoms with Crippen LogP contribution >= 0.6 is 0 Å². The largest absolute Gasteiger partial charge is 0.298 e. The van der Waals surface area contributed by atoms with Gasteiger partial charge in [0.25, 0.3) is 0 Å². The summed E-state index contributed by atoms with van der Waals surface area (Å²) in [4.78, 5) is 11.8. The Hall–Kier alpha value is -4.23. The summed E-state index contributed by atoms with van der Waals surface area (Å²) in [7, 11) is 0. The zero-order chi connectivity index (χ0) is 20.9. The summed E-state index contributed by atoms with van der Waals surface area (Å²) < 4.78 is 1.88. The zero-order valence-electron chi connectivity index (χ0n) is 16.3. The minimum atomic E-state index is 0.304. The van der Waals surface area contributed by atoms with Gasteiger partial charge < -0.3 is 0 Å². The highest BCUT2D eigenvalue weighted by atomic mass is 16.1. The fourth-order valence-electron chi connectivity index (χ4n) is 3.56. The molecule has 4 aromatic rings. The Labute approximate surface area is 175 Å². The van der Waals surface area contributed by atoms with E-state index in [1.54, 1.807) is 6.07 Å². The molecule has 0 amide bonds. The van der Waals surface area contributed by atoms with Crippen LogP contribution in [-0.4, -0.2) is 16.1 Å². The summed E-state index contributed by atoms with van der Waals surface area (Å²) in [6.07, 6.45) is 1.16. The number of hydrogen-bond donors (Lipinski definition) is 0. The molecule has 0 spiro atoms. The third kappa shape index (κ3) is 3.57. The standard InChI is InChI=1S/C26H19N3O/c1-19(17-27)16-24-25(23-15-9-8-12-21(23)18-30)26(20-10-4-2-5-11-20)29(28-24)22-13-6-3-7-14-22/h2-15,18H,1,16H2. The molecule has 1 heterocycles. The van der Waals surface area contributed by atoms with Crippen molar-refractivity contribution in [2.24, 2.45) is 0 Å². The maximum atomic E-state index is 11.8. The van der Waals surface area contributed by atoms with Crippen molar-refractivity contribution in [1.29, 1.82) is 5.26 Å². The molecule has 0 aliphatic carbocycles. The van der Waals surface area contributed by atoms with Crippen molar-refractivity contribution >= 4 is 6.29 Å². The second kappa shape index (κ2) is 8.42. The van der Waals surface area contributed by atoms with E-state index < -0.39 is 0 Å². The Bertz CT molecular complexity index is 1250. The van der Waals surface area contributed by atoms with E-state index >= 15 is 0 Å². The molecular weight excluding hydrogens is 370 g/mol. The Morgan fingerprint density at radius 1 is 0.967 bits per heavy atom. The summed E-state index contributed by atoms with van der Waals surface area (Å²) in [5.74, 6) is 0. The Morgan fingerprint density at radius 3 is 2.27 bits per heavy atom. The van der Waals surface area contributed by atoms with Gasteiger partial charge in [0.05, 0.1) is 23.1 Å². The maximum absolute atomic E-state index is 11.8. The van der Waals surface area contributed by atoms with Gasteiger partial charge in [0.2, 0.25) is 0 Å². The highest BCUT2D eigenvalue weighted by Crippen LogP contribution is 2.38. The van der Waals surface area contributed by atoms with E-state index in [4.69, 9.17) is 5.10 Å². The molecule has 1 aromatic heterocycles. The van der Waals surface area contributed by atoms with Crippen molar-refractivity contribution in [3.05, 3.63) is 108 Å². The number of benzene rings is 3. The first-order chi connectivity index (χ1) is 14.7. The van der Waals surface area contributed by atoms with Gasteiger partial charge in [-0.2, -0.15) is 10.4 Å². The van der Waals surface area contributed by atoms with E-state index in [1.165, 1.54) is 0 Å². The molecule has 144 valence electrons. The summed E-state index contributed by atoms with van der Waals surface area (Å²) in [6, 6.07) is 29.4. The molecule has 0 radical (unpaired) electrons. The van der Waals surface area contributed by atoms with Crippen LogP contribution in [0, 0.1) is 11.3 Å². The molecule has 4 heteroatoms. The molecule has 0 saturated carbocycles. The number of rotatable bonds is 6. The molecule has 0 fully saturated rings. The molecule has 0 atom stereocenters. The quantitative estimate of drug-likeness (QED) is 0.317. The molecule has 30 heavy (non-hydrogen) atoms. The first kappa shape index (κ1) is 19.1. The lowest BCUT2D eigenvalue weighted by atomic mass is 9.93. The van der Waals surface area contributed by atoms with Gasteiger partial charge in [-0.1, -0.05) is 79.4 Å². The molecule has 0 aliphatic rings. The van der Waals surface area contributed by atoms with Crippen molar-refractivity contribution in [2.45, 2.75) is 6.42 Å². The topological polar surface area (TPSA) is 58.7 Å². The molecule has 0 unspecified atom stereocenters. The molecule has 3 aromatic carbocycles. The van der Waals surface area contributed by atoms with Gasteiger partial charge >= 0.3 is 0 Å². The predicted molar refractivity (Wildman–Crippen MR) is 118 cm³/mol. The Kier molecular flexibility index (Phi) is 5.36. The fraction of sp³-hybridized carbons (Fsp3) is 0.0385. The van der Waals surface area contributed by atoms with Crippen LogP contribution in [-0.2, 0) is 6.42 Å². The van der Waals surface area contributed by atoms with E-state index in [1.807, 2.05) is 83.5 Å². The highest BCUT2D eigenvalue weighted by Gasteiger charge is 2.23. The Balaban J connectivity index is 2.10. The minimum absolute atomic E-state index is 0.304. The van der Waals surface area contributed by atoms with E-state index in [0.29, 0.717) is 23.3 Å². The molecule has 0 aliphatic heterocycles. The molecule has 4 rings (SSSR count). The van der Waals surface area contributed by atoms with Crippen LogP contribution in [0.1, 0.15) is 16.1 Å². The fourth-order valence-corrected chi connectivity index (χ4v) is 3.56. The predicted octanol–water partition coefficient (Wildman–Crippen LogP) is 5.64. The first-order valence-corrected chi connectivity index (χ1v) is 9.58. The van der Waals surface area contributed by atoms with Crippen LogP contribution in [0.5, 0.6) is 0 Å². The van der Waals surface area contributed by atoms with Crippen LogP contribution in [0.25, 0.3) is 28.1 Å². The summed E-state index contributed by atoms with van der Waals surface area (Å²) in [5.41, 5.74) is 6.06. The number of hydrogen-bond acceptors (Lipinski definition) is 3. The van der Waals surface area contributed by atoms with Crippen molar-refractivity contribution in [3.63, 3.8) is 0 Å². The SMILES string of the molecule is C=C(C#N)Cc1nn(-c2ccccc2)c(-c2ccccc2)c1-c1ccccc1C=O. The lowest BCUT2D eigenvalue weighted by molar-refractivity contribution is 0.112. The maximum Gasteiger partial charge on any atom is 0.150 e. The third-order valence-corrected chi connectivity index (χ3v) is 4.90. The van der Waals surface area contributed by atoms with Crippen molar-refractivity contribution < 1.29 is 4.79 Å². The second-order valence-electron chi connectivity index (χ2n) is 6.88. The average molecular weight is 389 g/mol. The third-order valence-electron chi connectivity index (χ3n) is 4.90. The number of nitriles is 1. The van der Waals surface area contributed by atoms with E-state index in [-0.39, 0.29) is 0 Å². The van der Waals surface area contributed by atoms with Crippen molar-refractivity contribution in [3.8, 4) is 34.1 Å². The smallest absolute Gasteiger partial charge is 0.150 e. The monoisotopic (exact) mass is 389 g/mol. The van der Waals surface area contributed by atoms with Gasteiger partial charge in [0, 0.05) is 28.7 Å². The van der Waals surface area contributed by atoms with E-state index in [9.17, 15) is 10.1 Å². The molecular formula is C26H19N3O. The number of carbonyl (C=O) groups is 1. The Morgan fingerprint density at radius 2 is 1.60 bits per heavy atom. The summed E-state index contributed by atoms with van der Waals surface area (Å²) in [5, 5.41) is 14.2. The summed E-state index contributed by atoms with van der Waals surface area (Å²) >= 11 is 0.